The molecule has 2 unspecified atom stereocenters. The fourth-order valence-electron chi connectivity index (χ4n) is 3.33. The molecule has 1 fully saturated rings. The molecule has 1 saturated carbocycles. The average Bonchev–Trinajstić information content (AvgIpc) is 2.39. The van der Waals surface area contributed by atoms with Crippen molar-refractivity contribution in [3.63, 3.8) is 0 Å². The first-order valence-electron chi connectivity index (χ1n) is 7.14. The summed E-state index contributed by atoms with van der Waals surface area (Å²) in [4.78, 5) is 0. The van der Waals surface area contributed by atoms with E-state index in [-0.39, 0.29) is 0 Å². The Morgan fingerprint density at radius 1 is 1.42 bits per heavy atom. The Morgan fingerprint density at radius 2 is 2.21 bits per heavy atom. The van der Waals surface area contributed by atoms with Crippen molar-refractivity contribution in [1.29, 1.82) is 0 Å². The van der Waals surface area contributed by atoms with Gasteiger partial charge in [-0.2, -0.15) is 0 Å². The maximum absolute atomic E-state index is 11.0. The van der Waals surface area contributed by atoms with E-state index in [2.05, 4.69) is 6.92 Å². The molecular weight excluding hydrogens is 260 g/mol. The van der Waals surface area contributed by atoms with Crippen LogP contribution in [0.1, 0.15) is 44.6 Å². The molecule has 0 bridgehead atoms. The van der Waals surface area contributed by atoms with Crippen LogP contribution >= 0.6 is 11.6 Å². The van der Waals surface area contributed by atoms with E-state index < -0.39 is 5.60 Å². The van der Waals surface area contributed by atoms with Gasteiger partial charge in [-0.15, -0.1) is 0 Å². The first-order chi connectivity index (χ1) is 9.09. The fourth-order valence-corrected chi connectivity index (χ4v) is 3.52. The lowest BCUT2D eigenvalue weighted by molar-refractivity contribution is -0.0494. The summed E-state index contributed by atoms with van der Waals surface area (Å²) >= 11 is 6.07. The summed E-state index contributed by atoms with van der Waals surface area (Å²) in [6.45, 7) is 2.16. The number of benzene rings is 1. The van der Waals surface area contributed by atoms with Crippen molar-refractivity contribution < 1.29 is 9.84 Å². The van der Waals surface area contributed by atoms with Gasteiger partial charge in [0.25, 0.3) is 0 Å². The molecule has 0 radical (unpaired) electrons. The molecule has 2 nitrogen and oxygen atoms in total. The molecule has 2 rings (SSSR count). The number of halogens is 1. The van der Waals surface area contributed by atoms with Gasteiger partial charge < -0.3 is 9.84 Å². The van der Waals surface area contributed by atoms with Crippen molar-refractivity contribution in [3.8, 4) is 5.75 Å². The van der Waals surface area contributed by atoms with Crippen LogP contribution in [0.2, 0.25) is 5.02 Å². The van der Waals surface area contributed by atoms with Gasteiger partial charge in [0.05, 0.1) is 12.7 Å². The van der Waals surface area contributed by atoms with E-state index in [4.69, 9.17) is 16.3 Å². The molecule has 0 heterocycles. The van der Waals surface area contributed by atoms with Crippen molar-refractivity contribution >= 4 is 11.6 Å². The predicted molar refractivity (Wildman–Crippen MR) is 78.9 cm³/mol. The van der Waals surface area contributed by atoms with E-state index in [1.165, 1.54) is 6.42 Å². The second-order valence-corrected chi connectivity index (χ2v) is 6.02. The van der Waals surface area contributed by atoms with Crippen LogP contribution in [-0.2, 0) is 6.42 Å². The first-order valence-corrected chi connectivity index (χ1v) is 7.51. The molecule has 0 saturated heterocycles. The topological polar surface area (TPSA) is 29.5 Å². The van der Waals surface area contributed by atoms with Crippen LogP contribution in [0.25, 0.3) is 0 Å². The van der Waals surface area contributed by atoms with Crippen LogP contribution in [0.15, 0.2) is 18.2 Å². The molecule has 0 aromatic heterocycles. The molecule has 106 valence electrons. The SMILES string of the molecule is CCC1CCCCC1(O)Cc1cc(Cl)ccc1OC. The minimum absolute atomic E-state index is 0.380. The van der Waals surface area contributed by atoms with Gasteiger partial charge >= 0.3 is 0 Å². The molecule has 1 N–H and O–H groups in total. The van der Waals surface area contributed by atoms with Crippen molar-refractivity contribution in [3.05, 3.63) is 28.8 Å². The molecule has 0 aliphatic heterocycles. The van der Waals surface area contributed by atoms with E-state index in [0.29, 0.717) is 17.4 Å². The number of ether oxygens (including phenoxy) is 1. The Morgan fingerprint density at radius 3 is 2.89 bits per heavy atom. The molecule has 19 heavy (non-hydrogen) atoms. The summed E-state index contributed by atoms with van der Waals surface area (Å²) < 4.78 is 5.39. The smallest absolute Gasteiger partial charge is 0.122 e. The third-order valence-corrected chi connectivity index (χ3v) is 4.64. The van der Waals surface area contributed by atoms with Gasteiger partial charge in [0, 0.05) is 11.4 Å². The summed E-state index contributed by atoms with van der Waals surface area (Å²) in [6.07, 6.45) is 6.00. The number of hydrogen-bond donors (Lipinski definition) is 1. The number of rotatable bonds is 4. The summed E-state index contributed by atoms with van der Waals surface area (Å²) in [5.74, 6) is 1.20. The van der Waals surface area contributed by atoms with E-state index >= 15 is 0 Å². The second kappa shape index (κ2) is 6.15. The number of methoxy groups -OCH3 is 1. The van der Waals surface area contributed by atoms with Gasteiger partial charge in [-0.05, 0) is 42.5 Å². The van der Waals surface area contributed by atoms with Crippen molar-refractivity contribution in [1.82, 2.24) is 0 Å². The number of aliphatic hydroxyl groups is 1. The lowest BCUT2D eigenvalue weighted by atomic mass is 9.71. The molecule has 2 atom stereocenters. The highest BCUT2D eigenvalue weighted by Crippen LogP contribution is 2.40. The second-order valence-electron chi connectivity index (χ2n) is 5.59. The third-order valence-electron chi connectivity index (χ3n) is 4.40. The summed E-state index contributed by atoms with van der Waals surface area (Å²) in [6, 6.07) is 5.62. The predicted octanol–water partition coefficient (Wildman–Crippen LogP) is 4.22. The van der Waals surface area contributed by atoms with Gasteiger partial charge in [0.1, 0.15) is 5.75 Å². The molecule has 1 aromatic carbocycles. The highest BCUT2D eigenvalue weighted by atomic mass is 35.5. The molecular formula is C16H23ClO2. The van der Waals surface area contributed by atoms with Crippen LogP contribution in [0.4, 0.5) is 0 Å². The van der Waals surface area contributed by atoms with Crippen LogP contribution in [-0.4, -0.2) is 17.8 Å². The monoisotopic (exact) mass is 282 g/mol. The van der Waals surface area contributed by atoms with Crippen LogP contribution < -0.4 is 4.74 Å². The standard InChI is InChI=1S/C16H23ClO2/c1-3-13-6-4-5-9-16(13,18)11-12-10-14(17)7-8-15(12)19-2/h7-8,10,13,18H,3-6,9,11H2,1-2H3. The van der Waals surface area contributed by atoms with Gasteiger partial charge in [0.2, 0.25) is 0 Å². The van der Waals surface area contributed by atoms with Crippen molar-refractivity contribution in [2.75, 3.05) is 7.11 Å². The minimum atomic E-state index is -0.606. The van der Waals surface area contributed by atoms with E-state index in [1.54, 1.807) is 7.11 Å². The normalized spacial score (nSPS) is 27.3. The fraction of sp³-hybridized carbons (Fsp3) is 0.625. The lowest BCUT2D eigenvalue weighted by Crippen LogP contribution is -2.42. The zero-order valence-electron chi connectivity index (χ0n) is 11.8. The molecule has 0 spiro atoms. The number of hydrogen-bond acceptors (Lipinski definition) is 2. The summed E-state index contributed by atoms with van der Waals surface area (Å²) in [7, 11) is 1.66. The first kappa shape index (κ1) is 14.7. The van der Waals surface area contributed by atoms with E-state index in [0.717, 1.165) is 37.0 Å². The Kier molecular flexibility index (Phi) is 4.75. The van der Waals surface area contributed by atoms with Crippen LogP contribution in [0.5, 0.6) is 5.75 Å². The van der Waals surface area contributed by atoms with Crippen LogP contribution in [0, 0.1) is 5.92 Å². The average molecular weight is 283 g/mol. The zero-order chi connectivity index (χ0) is 13.9. The van der Waals surface area contributed by atoms with Crippen molar-refractivity contribution in [2.24, 2.45) is 5.92 Å². The molecule has 1 aliphatic rings. The lowest BCUT2D eigenvalue weighted by Gasteiger charge is -2.40. The largest absolute Gasteiger partial charge is 0.496 e. The Balaban J connectivity index is 2.25. The summed E-state index contributed by atoms with van der Waals surface area (Å²) in [5.41, 5.74) is 0.406. The third kappa shape index (κ3) is 3.24. The quantitative estimate of drug-likeness (QED) is 0.896. The zero-order valence-corrected chi connectivity index (χ0v) is 12.5. The van der Waals surface area contributed by atoms with Gasteiger partial charge in [-0.3, -0.25) is 0 Å². The molecule has 0 amide bonds. The van der Waals surface area contributed by atoms with Crippen molar-refractivity contribution in [2.45, 2.75) is 51.0 Å². The minimum Gasteiger partial charge on any atom is -0.496 e. The molecule has 3 heteroatoms. The van der Waals surface area contributed by atoms with Gasteiger partial charge in [-0.25, -0.2) is 0 Å². The molecule has 1 aromatic rings. The summed E-state index contributed by atoms with van der Waals surface area (Å²) in [5, 5.41) is 11.7. The maximum Gasteiger partial charge on any atom is 0.122 e. The highest BCUT2D eigenvalue weighted by Gasteiger charge is 2.38. The van der Waals surface area contributed by atoms with Gasteiger partial charge in [0.15, 0.2) is 0 Å². The van der Waals surface area contributed by atoms with Gasteiger partial charge in [-0.1, -0.05) is 37.8 Å². The maximum atomic E-state index is 11.0. The highest BCUT2D eigenvalue weighted by molar-refractivity contribution is 6.30. The molecule has 1 aliphatic carbocycles. The van der Waals surface area contributed by atoms with Crippen LogP contribution in [0.3, 0.4) is 0 Å². The van der Waals surface area contributed by atoms with E-state index in [9.17, 15) is 5.11 Å². The van der Waals surface area contributed by atoms with E-state index in [1.807, 2.05) is 18.2 Å². The Labute approximate surface area is 120 Å². The Bertz CT molecular complexity index is 433. The Hall–Kier alpha value is -0.730.